The maximum absolute atomic E-state index is 13.4. The van der Waals surface area contributed by atoms with Crippen molar-refractivity contribution in [3.63, 3.8) is 0 Å². The summed E-state index contributed by atoms with van der Waals surface area (Å²) in [6.45, 7) is 4.15. The summed E-state index contributed by atoms with van der Waals surface area (Å²) in [5.74, 6) is 1.14. The molecule has 6 nitrogen and oxygen atoms in total. The van der Waals surface area contributed by atoms with E-state index in [1.165, 1.54) is 11.3 Å². The molecule has 0 unspecified atom stereocenters. The SMILES string of the molecule is Cc1cccc(C)c1NC(=O)c1sc2nc(-c3ccccc3)cc(-c3ccc4c(c3)OCO4)c2c1N. The Morgan fingerprint density at radius 2 is 1.67 bits per heavy atom. The number of nitrogens with two attached hydrogens (primary N) is 1. The summed E-state index contributed by atoms with van der Waals surface area (Å²) in [4.78, 5) is 19.5. The van der Waals surface area contributed by atoms with Crippen molar-refractivity contribution in [3.8, 4) is 33.9 Å². The second kappa shape index (κ2) is 8.70. The van der Waals surface area contributed by atoms with Crippen LogP contribution in [0.4, 0.5) is 11.4 Å². The first-order valence-corrected chi connectivity index (χ1v) is 12.4. The van der Waals surface area contributed by atoms with Crippen LogP contribution in [0.5, 0.6) is 11.5 Å². The zero-order valence-corrected chi connectivity index (χ0v) is 20.6. The van der Waals surface area contributed by atoms with Crippen LogP contribution < -0.4 is 20.5 Å². The fourth-order valence-electron chi connectivity index (χ4n) is 4.52. The average Bonchev–Trinajstić information content (AvgIpc) is 3.50. The molecule has 0 atom stereocenters. The molecule has 36 heavy (non-hydrogen) atoms. The predicted octanol–water partition coefficient (Wildman–Crippen LogP) is 6.81. The summed E-state index contributed by atoms with van der Waals surface area (Å²) in [7, 11) is 0. The third kappa shape index (κ3) is 3.74. The summed E-state index contributed by atoms with van der Waals surface area (Å²) < 4.78 is 11.1. The van der Waals surface area contributed by atoms with Crippen LogP contribution >= 0.6 is 11.3 Å². The largest absolute Gasteiger partial charge is 0.454 e. The molecule has 0 fully saturated rings. The van der Waals surface area contributed by atoms with Gasteiger partial charge in [-0.3, -0.25) is 4.79 Å². The Morgan fingerprint density at radius 3 is 2.44 bits per heavy atom. The van der Waals surface area contributed by atoms with Crippen LogP contribution in [0.1, 0.15) is 20.8 Å². The predicted molar refractivity (Wildman–Crippen MR) is 145 cm³/mol. The molecule has 178 valence electrons. The van der Waals surface area contributed by atoms with Crippen molar-refractivity contribution in [1.29, 1.82) is 0 Å². The van der Waals surface area contributed by atoms with Crippen molar-refractivity contribution in [2.45, 2.75) is 13.8 Å². The summed E-state index contributed by atoms with van der Waals surface area (Å²) in [5, 5.41) is 3.82. The number of rotatable bonds is 4. The Bertz CT molecular complexity index is 1620. The lowest BCUT2D eigenvalue weighted by molar-refractivity contribution is 0.103. The monoisotopic (exact) mass is 493 g/mol. The quantitative estimate of drug-likeness (QED) is 0.287. The minimum atomic E-state index is -0.245. The molecule has 5 aromatic rings. The maximum atomic E-state index is 13.4. The minimum Gasteiger partial charge on any atom is -0.454 e. The first-order valence-electron chi connectivity index (χ1n) is 11.6. The molecule has 3 N–H and O–H groups in total. The van der Waals surface area contributed by atoms with Gasteiger partial charge in [-0.05, 0) is 54.3 Å². The summed E-state index contributed by atoms with van der Waals surface area (Å²) in [6, 6.07) is 23.7. The van der Waals surface area contributed by atoms with Gasteiger partial charge >= 0.3 is 0 Å². The number of aryl methyl sites for hydroxylation is 2. The molecule has 1 amide bonds. The lowest BCUT2D eigenvalue weighted by Gasteiger charge is -2.11. The van der Waals surface area contributed by atoms with Gasteiger partial charge in [0.25, 0.3) is 5.91 Å². The number of carbonyl (C=O) groups excluding carboxylic acids is 1. The number of fused-ring (bicyclic) bond motifs is 2. The third-order valence-electron chi connectivity index (χ3n) is 6.38. The molecule has 0 saturated heterocycles. The van der Waals surface area contributed by atoms with E-state index >= 15 is 0 Å². The first kappa shape index (κ1) is 22.1. The number of anilines is 2. The second-order valence-corrected chi connectivity index (χ2v) is 9.73. The smallest absolute Gasteiger partial charge is 0.267 e. The number of nitrogens with zero attached hydrogens (tertiary/aromatic N) is 1. The fourth-order valence-corrected chi connectivity index (χ4v) is 5.54. The number of pyridine rings is 1. The van der Waals surface area contributed by atoms with Crippen LogP contribution in [0.15, 0.2) is 72.8 Å². The topological polar surface area (TPSA) is 86.5 Å². The molecular weight excluding hydrogens is 470 g/mol. The van der Waals surface area contributed by atoms with Crippen LogP contribution in [-0.2, 0) is 0 Å². The van der Waals surface area contributed by atoms with Crippen molar-refractivity contribution in [3.05, 3.63) is 88.8 Å². The molecule has 1 aliphatic rings. The minimum absolute atomic E-state index is 0.197. The molecule has 0 bridgehead atoms. The van der Waals surface area contributed by atoms with Crippen LogP contribution in [0.25, 0.3) is 32.6 Å². The molecule has 2 aromatic heterocycles. The fraction of sp³-hybridized carbons (Fsp3) is 0.103. The van der Waals surface area contributed by atoms with Gasteiger partial charge in [-0.2, -0.15) is 0 Å². The van der Waals surface area contributed by atoms with Crippen molar-refractivity contribution >= 4 is 38.8 Å². The third-order valence-corrected chi connectivity index (χ3v) is 7.48. The van der Waals surface area contributed by atoms with E-state index in [1.807, 2.05) is 86.6 Å². The number of thiophene rings is 1. The van der Waals surface area contributed by atoms with Crippen molar-refractivity contribution in [1.82, 2.24) is 4.98 Å². The Balaban J connectivity index is 1.52. The van der Waals surface area contributed by atoms with Crippen molar-refractivity contribution in [2.24, 2.45) is 0 Å². The number of nitrogens with one attached hydrogen (secondary N) is 1. The van der Waals surface area contributed by atoms with Gasteiger partial charge < -0.3 is 20.5 Å². The highest BCUT2D eigenvalue weighted by molar-refractivity contribution is 7.21. The van der Waals surface area contributed by atoms with Gasteiger partial charge in [-0.1, -0.05) is 54.6 Å². The van der Waals surface area contributed by atoms with E-state index in [0.29, 0.717) is 26.9 Å². The van der Waals surface area contributed by atoms with Gasteiger partial charge in [-0.15, -0.1) is 11.3 Å². The van der Waals surface area contributed by atoms with E-state index in [-0.39, 0.29) is 12.7 Å². The Labute approximate surface area is 212 Å². The number of amides is 1. The second-order valence-electron chi connectivity index (χ2n) is 8.74. The highest BCUT2D eigenvalue weighted by Crippen LogP contribution is 2.44. The molecular formula is C29H23N3O3S. The van der Waals surface area contributed by atoms with E-state index in [2.05, 4.69) is 5.32 Å². The maximum Gasteiger partial charge on any atom is 0.267 e. The highest BCUT2D eigenvalue weighted by atomic mass is 32.1. The van der Waals surface area contributed by atoms with Crippen LogP contribution in [0.2, 0.25) is 0 Å². The molecule has 7 heteroatoms. The summed E-state index contributed by atoms with van der Waals surface area (Å²) in [5.41, 5.74) is 13.4. The Morgan fingerprint density at radius 1 is 0.917 bits per heavy atom. The van der Waals surface area contributed by atoms with Gasteiger partial charge in [0.05, 0.1) is 11.4 Å². The summed E-state index contributed by atoms with van der Waals surface area (Å²) in [6.07, 6.45) is 0. The van der Waals surface area contributed by atoms with E-state index in [9.17, 15) is 4.79 Å². The van der Waals surface area contributed by atoms with Gasteiger partial charge in [0.1, 0.15) is 9.71 Å². The number of carbonyl (C=O) groups is 1. The number of hydrogen-bond acceptors (Lipinski definition) is 6. The first-order chi connectivity index (χ1) is 17.5. The highest BCUT2D eigenvalue weighted by Gasteiger charge is 2.23. The Hall–Kier alpha value is -4.36. The van der Waals surface area contributed by atoms with E-state index in [0.717, 1.165) is 44.6 Å². The number of nitrogen functional groups attached to an aromatic ring is 1. The molecule has 1 aliphatic heterocycles. The number of hydrogen-bond donors (Lipinski definition) is 2. The molecule has 0 aliphatic carbocycles. The van der Waals surface area contributed by atoms with Crippen molar-refractivity contribution in [2.75, 3.05) is 17.8 Å². The number of aromatic nitrogens is 1. The van der Waals surface area contributed by atoms with Crippen LogP contribution in [0, 0.1) is 13.8 Å². The molecule has 0 saturated carbocycles. The normalized spacial score (nSPS) is 12.2. The lowest BCUT2D eigenvalue weighted by Crippen LogP contribution is -2.13. The zero-order chi connectivity index (χ0) is 24.8. The lowest BCUT2D eigenvalue weighted by atomic mass is 9.99. The summed E-state index contributed by atoms with van der Waals surface area (Å²) >= 11 is 1.30. The molecule has 3 heterocycles. The number of benzene rings is 3. The van der Waals surface area contributed by atoms with Gasteiger partial charge in [0.15, 0.2) is 11.5 Å². The van der Waals surface area contributed by atoms with E-state index in [1.54, 1.807) is 0 Å². The van der Waals surface area contributed by atoms with E-state index < -0.39 is 0 Å². The van der Waals surface area contributed by atoms with Gasteiger partial charge in [-0.25, -0.2) is 4.98 Å². The van der Waals surface area contributed by atoms with Gasteiger partial charge in [0, 0.05) is 16.6 Å². The van der Waals surface area contributed by atoms with E-state index in [4.69, 9.17) is 20.2 Å². The van der Waals surface area contributed by atoms with Crippen LogP contribution in [0.3, 0.4) is 0 Å². The zero-order valence-electron chi connectivity index (χ0n) is 19.8. The Kier molecular flexibility index (Phi) is 5.34. The molecule has 6 rings (SSSR count). The van der Waals surface area contributed by atoms with Crippen LogP contribution in [-0.4, -0.2) is 17.7 Å². The standard InChI is InChI=1S/C29H23N3O3S/c1-16-7-6-8-17(2)26(16)32-28(33)27-25(30)24-20(19-11-12-22-23(13-19)35-15-34-22)14-21(31-29(24)36-27)18-9-4-3-5-10-18/h3-14H,15,30H2,1-2H3,(H,32,33). The number of ether oxygens (including phenoxy) is 2. The number of para-hydroxylation sites is 1. The van der Waals surface area contributed by atoms with Gasteiger partial charge in [0.2, 0.25) is 6.79 Å². The molecule has 0 spiro atoms. The molecule has 3 aromatic carbocycles. The van der Waals surface area contributed by atoms with Crippen molar-refractivity contribution < 1.29 is 14.3 Å². The average molecular weight is 494 g/mol. The molecule has 0 radical (unpaired) electrons.